The Kier molecular flexibility index (Phi) is 4.01. The fourth-order valence-electron chi connectivity index (χ4n) is 1.58. The van der Waals surface area contributed by atoms with Crippen LogP contribution in [0.15, 0.2) is 36.4 Å². The van der Waals surface area contributed by atoms with Crippen LogP contribution in [0, 0.1) is 0 Å². The molecule has 0 aromatic heterocycles. The maximum absolute atomic E-state index is 12.7. The molecule has 2 rings (SSSR count). The molecule has 0 saturated carbocycles. The predicted molar refractivity (Wildman–Crippen MR) is 75.6 cm³/mol. The summed E-state index contributed by atoms with van der Waals surface area (Å²) in [6, 6.07) is 7.65. The van der Waals surface area contributed by atoms with Gasteiger partial charge in [0.05, 0.1) is 27.0 Å². The highest BCUT2D eigenvalue weighted by Gasteiger charge is 2.31. The summed E-state index contributed by atoms with van der Waals surface area (Å²) >= 11 is 11.8. The van der Waals surface area contributed by atoms with Crippen molar-refractivity contribution in [1.29, 1.82) is 0 Å². The molecule has 0 radical (unpaired) electrons. The Balaban J connectivity index is 2.38. The van der Waals surface area contributed by atoms with E-state index in [-0.39, 0.29) is 10.7 Å². The lowest BCUT2D eigenvalue weighted by atomic mass is 10.2. The Labute approximate surface area is 123 Å². The van der Waals surface area contributed by atoms with Crippen molar-refractivity contribution in [2.75, 3.05) is 11.1 Å². The molecule has 0 aliphatic heterocycles. The molecule has 0 bridgehead atoms. The molecule has 0 spiro atoms. The van der Waals surface area contributed by atoms with E-state index in [1.54, 1.807) is 12.1 Å². The van der Waals surface area contributed by atoms with E-state index in [0.29, 0.717) is 16.4 Å². The molecule has 106 valence electrons. The van der Waals surface area contributed by atoms with Gasteiger partial charge in [-0.1, -0.05) is 23.2 Å². The largest absolute Gasteiger partial charge is 0.416 e. The van der Waals surface area contributed by atoms with Crippen molar-refractivity contribution in [3.8, 4) is 0 Å². The summed E-state index contributed by atoms with van der Waals surface area (Å²) in [7, 11) is 0. The molecule has 0 aliphatic rings. The predicted octanol–water partition coefficient (Wildman–Crippen LogP) is 5.34. The number of nitrogens with one attached hydrogen (secondary N) is 1. The zero-order chi connectivity index (χ0) is 14.9. The lowest BCUT2D eigenvalue weighted by Gasteiger charge is -2.13. The van der Waals surface area contributed by atoms with Crippen molar-refractivity contribution in [2.45, 2.75) is 6.18 Å². The molecular formula is C13H9Cl2F3N2. The van der Waals surface area contributed by atoms with E-state index in [1.807, 2.05) is 0 Å². The second-order valence-electron chi connectivity index (χ2n) is 4.06. The Morgan fingerprint density at radius 2 is 1.60 bits per heavy atom. The van der Waals surface area contributed by atoms with Crippen LogP contribution in [0.25, 0.3) is 0 Å². The van der Waals surface area contributed by atoms with E-state index in [4.69, 9.17) is 28.9 Å². The second kappa shape index (κ2) is 5.42. The lowest BCUT2D eigenvalue weighted by Crippen LogP contribution is -2.05. The molecule has 0 amide bonds. The van der Waals surface area contributed by atoms with Crippen molar-refractivity contribution >= 4 is 40.3 Å². The molecule has 0 atom stereocenters. The van der Waals surface area contributed by atoms with Crippen molar-refractivity contribution in [3.05, 3.63) is 52.0 Å². The van der Waals surface area contributed by atoms with Crippen LogP contribution >= 0.6 is 23.2 Å². The first-order valence-corrected chi connectivity index (χ1v) is 6.22. The van der Waals surface area contributed by atoms with Gasteiger partial charge >= 0.3 is 6.18 Å². The number of alkyl halides is 3. The van der Waals surface area contributed by atoms with Crippen LogP contribution < -0.4 is 11.1 Å². The Morgan fingerprint density at radius 3 is 2.20 bits per heavy atom. The third kappa shape index (κ3) is 3.29. The van der Waals surface area contributed by atoms with Gasteiger partial charge in [0.15, 0.2) is 0 Å². The first-order valence-electron chi connectivity index (χ1n) is 5.46. The van der Waals surface area contributed by atoms with Crippen LogP contribution in [0.4, 0.5) is 30.2 Å². The standard InChI is InChI=1S/C13H9Cl2F3N2/c14-9-3-1-7(13(16,17)18)5-12(9)20-11-4-2-8(19)6-10(11)15/h1-6,20H,19H2. The molecule has 0 aliphatic carbocycles. The molecule has 2 aromatic rings. The summed E-state index contributed by atoms with van der Waals surface area (Å²) < 4.78 is 38.0. The molecule has 2 nitrogen and oxygen atoms in total. The van der Waals surface area contributed by atoms with Gasteiger partial charge in [0.1, 0.15) is 0 Å². The molecule has 0 unspecified atom stereocenters. The minimum absolute atomic E-state index is 0.119. The smallest absolute Gasteiger partial charge is 0.399 e. The van der Waals surface area contributed by atoms with Crippen molar-refractivity contribution in [1.82, 2.24) is 0 Å². The molecule has 3 N–H and O–H groups in total. The minimum atomic E-state index is -4.44. The lowest BCUT2D eigenvalue weighted by molar-refractivity contribution is -0.137. The summed E-state index contributed by atoms with van der Waals surface area (Å²) in [5, 5.41) is 3.21. The molecular weight excluding hydrogens is 312 g/mol. The van der Waals surface area contributed by atoms with Crippen LogP contribution in [-0.2, 0) is 6.18 Å². The van der Waals surface area contributed by atoms with Gasteiger partial charge in [0, 0.05) is 5.69 Å². The maximum atomic E-state index is 12.7. The highest BCUT2D eigenvalue weighted by atomic mass is 35.5. The third-order valence-corrected chi connectivity index (χ3v) is 3.20. The van der Waals surface area contributed by atoms with Gasteiger partial charge in [0.25, 0.3) is 0 Å². The van der Waals surface area contributed by atoms with Gasteiger partial charge in [-0.3, -0.25) is 0 Å². The van der Waals surface area contributed by atoms with Gasteiger partial charge in [-0.25, -0.2) is 0 Å². The van der Waals surface area contributed by atoms with E-state index < -0.39 is 11.7 Å². The van der Waals surface area contributed by atoms with E-state index >= 15 is 0 Å². The maximum Gasteiger partial charge on any atom is 0.416 e. The molecule has 7 heteroatoms. The zero-order valence-electron chi connectivity index (χ0n) is 9.93. The SMILES string of the molecule is Nc1ccc(Nc2cc(C(F)(F)F)ccc2Cl)c(Cl)c1. The number of benzene rings is 2. The van der Waals surface area contributed by atoms with Crippen molar-refractivity contribution in [2.24, 2.45) is 0 Å². The first-order chi connectivity index (χ1) is 9.27. The highest BCUT2D eigenvalue weighted by Crippen LogP contribution is 2.36. The van der Waals surface area contributed by atoms with Crippen LogP contribution in [0.3, 0.4) is 0 Å². The number of hydrogen-bond donors (Lipinski definition) is 2. The highest BCUT2D eigenvalue weighted by molar-refractivity contribution is 6.35. The average Bonchev–Trinajstić information content (AvgIpc) is 2.33. The van der Waals surface area contributed by atoms with Gasteiger partial charge in [-0.05, 0) is 36.4 Å². The molecule has 0 fully saturated rings. The molecule has 2 aromatic carbocycles. The van der Waals surface area contributed by atoms with Crippen LogP contribution in [0.2, 0.25) is 10.0 Å². The zero-order valence-corrected chi connectivity index (χ0v) is 11.4. The topological polar surface area (TPSA) is 38.0 Å². The van der Waals surface area contributed by atoms with Gasteiger partial charge in [-0.15, -0.1) is 0 Å². The van der Waals surface area contributed by atoms with Crippen molar-refractivity contribution in [3.63, 3.8) is 0 Å². The summed E-state index contributed by atoms with van der Waals surface area (Å²) in [5.41, 5.74) is 5.74. The Bertz CT molecular complexity index is 642. The average molecular weight is 321 g/mol. The normalized spacial score (nSPS) is 11.4. The van der Waals surface area contributed by atoms with Crippen LogP contribution in [-0.4, -0.2) is 0 Å². The number of halogens is 5. The number of anilines is 3. The van der Waals surface area contributed by atoms with E-state index in [9.17, 15) is 13.2 Å². The second-order valence-corrected chi connectivity index (χ2v) is 4.87. The van der Waals surface area contributed by atoms with Crippen molar-refractivity contribution < 1.29 is 13.2 Å². The fraction of sp³-hybridized carbons (Fsp3) is 0.0769. The number of nitrogens with two attached hydrogens (primary N) is 1. The summed E-state index contributed by atoms with van der Waals surface area (Å²) in [6.45, 7) is 0. The fourth-order valence-corrected chi connectivity index (χ4v) is 1.98. The number of rotatable bonds is 2. The summed E-state index contributed by atoms with van der Waals surface area (Å²) in [4.78, 5) is 0. The van der Waals surface area contributed by atoms with Gasteiger partial charge in [-0.2, -0.15) is 13.2 Å². The molecule has 0 saturated heterocycles. The monoisotopic (exact) mass is 320 g/mol. The molecule has 0 heterocycles. The minimum Gasteiger partial charge on any atom is -0.399 e. The third-order valence-electron chi connectivity index (χ3n) is 2.56. The Hall–Kier alpha value is -1.59. The molecule has 20 heavy (non-hydrogen) atoms. The quantitative estimate of drug-likeness (QED) is 0.733. The van der Waals surface area contributed by atoms with E-state index in [1.165, 1.54) is 12.1 Å². The number of hydrogen-bond acceptors (Lipinski definition) is 2. The van der Waals surface area contributed by atoms with Gasteiger partial charge in [0.2, 0.25) is 0 Å². The summed E-state index contributed by atoms with van der Waals surface area (Å²) in [5.74, 6) is 0. The summed E-state index contributed by atoms with van der Waals surface area (Å²) in [6.07, 6.45) is -4.44. The van der Waals surface area contributed by atoms with Crippen LogP contribution in [0.1, 0.15) is 5.56 Å². The Morgan fingerprint density at radius 1 is 0.900 bits per heavy atom. The first kappa shape index (κ1) is 14.8. The van der Waals surface area contributed by atoms with E-state index in [0.717, 1.165) is 12.1 Å². The number of nitrogen functional groups attached to an aromatic ring is 1. The van der Waals surface area contributed by atoms with E-state index in [2.05, 4.69) is 5.32 Å². The van der Waals surface area contributed by atoms with Gasteiger partial charge < -0.3 is 11.1 Å². The van der Waals surface area contributed by atoms with Crippen LogP contribution in [0.5, 0.6) is 0 Å².